The van der Waals surface area contributed by atoms with E-state index in [-0.39, 0.29) is 6.04 Å². The Hall–Kier alpha value is -0.540. The fourth-order valence-electron chi connectivity index (χ4n) is 2.70. The summed E-state index contributed by atoms with van der Waals surface area (Å²) in [6.45, 7) is 4.50. The molecule has 0 spiro atoms. The van der Waals surface area contributed by atoms with Crippen LogP contribution in [0, 0.1) is 5.92 Å². The molecule has 19 heavy (non-hydrogen) atoms. The molecule has 0 aromatic carbocycles. The van der Waals surface area contributed by atoms with Gasteiger partial charge < -0.3 is 5.73 Å². The van der Waals surface area contributed by atoms with E-state index in [1.165, 1.54) is 36.3 Å². The van der Waals surface area contributed by atoms with Crippen molar-refractivity contribution in [2.75, 3.05) is 0 Å². The fourth-order valence-corrected chi connectivity index (χ4v) is 4.02. The van der Waals surface area contributed by atoms with Crippen LogP contribution in [0.1, 0.15) is 51.5 Å². The summed E-state index contributed by atoms with van der Waals surface area (Å²) in [6.07, 6.45) is 9.43. The lowest BCUT2D eigenvalue weighted by molar-refractivity contribution is 0.394. The van der Waals surface area contributed by atoms with Crippen LogP contribution >= 0.6 is 11.8 Å². The Kier molecular flexibility index (Phi) is 5.71. The van der Waals surface area contributed by atoms with Gasteiger partial charge in [-0.05, 0) is 43.2 Å². The van der Waals surface area contributed by atoms with Crippen molar-refractivity contribution in [1.29, 1.82) is 0 Å². The SMILES string of the molecule is CCC(N)Cc1ccc(SC2CCCC(C)C2)nc1. The molecule has 0 bridgehead atoms. The zero-order valence-electron chi connectivity index (χ0n) is 12.1. The first-order valence-electron chi connectivity index (χ1n) is 7.54. The highest BCUT2D eigenvalue weighted by Gasteiger charge is 2.20. The predicted molar refractivity (Wildman–Crippen MR) is 83.5 cm³/mol. The van der Waals surface area contributed by atoms with Crippen molar-refractivity contribution in [3.05, 3.63) is 23.9 Å². The van der Waals surface area contributed by atoms with Crippen LogP contribution in [-0.4, -0.2) is 16.3 Å². The summed E-state index contributed by atoms with van der Waals surface area (Å²) in [4.78, 5) is 4.59. The van der Waals surface area contributed by atoms with Gasteiger partial charge in [-0.3, -0.25) is 0 Å². The van der Waals surface area contributed by atoms with Crippen molar-refractivity contribution in [3.8, 4) is 0 Å². The molecular weight excluding hydrogens is 252 g/mol. The molecule has 2 rings (SSSR count). The first kappa shape index (κ1) is 14.9. The summed E-state index contributed by atoms with van der Waals surface area (Å²) in [5.41, 5.74) is 7.23. The fraction of sp³-hybridized carbons (Fsp3) is 0.688. The van der Waals surface area contributed by atoms with Gasteiger partial charge in [0.05, 0.1) is 5.03 Å². The van der Waals surface area contributed by atoms with Crippen LogP contribution in [0.15, 0.2) is 23.4 Å². The Labute approximate surface area is 121 Å². The highest BCUT2D eigenvalue weighted by atomic mass is 32.2. The van der Waals surface area contributed by atoms with E-state index < -0.39 is 0 Å². The number of hydrogen-bond acceptors (Lipinski definition) is 3. The average Bonchev–Trinajstić information content (AvgIpc) is 2.41. The second kappa shape index (κ2) is 7.30. The number of aromatic nitrogens is 1. The first-order valence-corrected chi connectivity index (χ1v) is 8.42. The normalized spacial score (nSPS) is 25.2. The molecule has 106 valence electrons. The third-order valence-corrected chi connectivity index (χ3v) is 5.24. The van der Waals surface area contributed by atoms with E-state index in [2.05, 4.69) is 31.0 Å². The Balaban J connectivity index is 1.87. The molecule has 1 aliphatic carbocycles. The van der Waals surface area contributed by atoms with Crippen molar-refractivity contribution in [2.45, 2.75) is 68.7 Å². The van der Waals surface area contributed by atoms with Gasteiger partial charge in [-0.25, -0.2) is 4.98 Å². The summed E-state index contributed by atoms with van der Waals surface area (Å²) in [7, 11) is 0. The monoisotopic (exact) mass is 278 g/mol. The van der Waals surface area contributed by atoms with Gasteiger partial charge in [0.1, 0.15) is 0 Å². The standard InChI is InChI=1S/C16H26N2S/c1-3-14(17)10-13-7-8-16(18-11-13)19-15-6-4-5-12(2)9-15/h7-8,11-12,14-15H,3-6,9-10,17H2,1-2H3. The van der Waals surface area contributed by atoms with Crippen LogP contribution in [0.25, 0.3) is 0 Å². The Morgan fingerprint density at radius 3 is 2.89 bits per heavy atom. The first-order chi connectivity index (χ1) is 9.17. The molecule has 3 atom stereocenters. The summed E-state index contributed by atoms with van der Waals surface area (Å²) in [5.74, 6) is 0.882. The molecular formula is C16H26N2S. The van der Waals surface area contributed by atoms with E-state index in [9.17, 15) is 0 Å². The van der Waals surface area contributed by atoms with Crippen LogP contribution in [0.4, 0.5) is 0 Å². The second-order valence-corrected chi connectivity index (χ2v) is 7.21. The van der Waals surface area contributed by atoms with Crippen LogP contribution in [-0.2, 0) is 6.42 Å². The van der Waals surface area contributed by atoms with Crippen molar-refractivity contribution in [2.24, 2.45) is 11.7 Å². The van der Waals surface area contributed by atoms with E-state index >= 15 is 0 Å². The largest absolute Gasteiger partial charge is 0.327 e. The smallest absolute Gasteiger partial charge is 0.0962 e. The van der Waals surface area contributed by atoms with Crippen molar-refractivity contribution in [3.63, 3.8) is 0 Å². The van der Waals surface area contributed by atoms with Crippen LogP contribution in [0.2, 0.25) is 0 Å². The van der Waals surface area contributed by atoms with Gasteiger partial charge >= 0.3 is 0 Å². The molecule has 0 aliphatic heterocycles. The van der Waals surface area contributed by atoms with Crippen LogP contribution in [0.5, 0.6) is 0 Å². The molecule has 0 amide bonds. The highest BCUT2D eigenvalue weighted by Crippen LogP contribution is 2.35. The van der Waals surface area contributed by atoms with Crippen LogP contribution < -0.4 is 5.73 Å². The molecule has 3 unspecified atom stereocenters. The summed E-state index contributed by atoms with van der Waals surface area (Å²) in [6, 6.07) is 4.62. The summed E-state index contributed by atoms with van der Waals surface area (Å²) < 4.78 is 0. The number of pyridine rings is 1. The average molecular weight is 278 g/mol. The highest BCUT2D eigenvalue weighted by molar-refractivity contribution is 7.99. The minimum atomic E-state index is 0.263. The second-order valence-electron chi connectivity index (χ2n) is 5.89. The molecule has 0 radical (unpaired) electrons. The Morgan fingerprint density at radius 1 is 1.42 bits per heavy atom. The van der Waals surface area contributed by atoms with E-state index in [1.54, 1.807) is 0 Å². The minimum absolute atomic E-state index is 0.263. The lowest BCUT2D eigenvalue weighted by Gasteiger charge is -2.25. The van der Waals surface area contributed by atoms with E-state index in [4.69, 9.17) is 5.73 Å². The number of rotatable bonds is 5. The van der Waals surface area contributed by atoms with Gasteiger partial charge in [0.25, 0.3) is 0 Å². The Bertz CT molecular complexity index is 377. The van der Waals surface area contributed by atoms with Crippen molar-refractivity contribution >= 4 is 11.8 Å². The molecule has 1 saturated carbocycles. The molecule has 2 nitrogen and oxygen atoms in total. The Morgan fingerprint density at radius 2 is 2.26 bits per heavy atom. The molecule has 1 heterocycles. The number of thioether (sulfide) groups is 1. The van der Waals surface area contributed by atoms with E-state index in [0.717, 1.165) is 24.0 Å². The maximum absolute atomic E-state index is 5.97. The topological polar surface area (TPSA) is 38.9 Å². The minimum Gasteiger partial charge on any atom is -0.327 e. The van der Waals surface area contributed by atoms with Gasteiger partial charge in [-0.2, -0.15) is 0 Å². The molecule has 1 aromatic heterocycles. The van der Waals surface area contributed by atoms with Gasteiger partial charge in [0, 0.05) is 17.5 Å². The zero-order chi connectivity index (χ0) is 13.7. The molecule has 1 aliphatic rings. The van der Waals surface area contributed by atoms with E-state index in [0.29, 0.717) is 0 Å². The summed E-state index contributed by atoms with van der Waals surface area (Å²) in [5, 5.41) is 1.94. The maximum atomic E-state index is 5.97. The maximum Gasteiger partial charge on any atom is 0.0962 e. The third kappa shape index (κ3) is 4.81. The van der Waals surface area contributed by atoms with Crippen LogP contribution in [0.3, 0.4) is 0 Å². The number of hydrogen-bond donors (Lipinski definition) is 1. The predicted octanol–water partition coefficient (Wildman–Crippen LogP) is 4.03. The van der Waals surface area contributed by atoms with E-state index in [1.807, 2.05) is 18.0 Å². The molecule has 2 N–H and O–H groups in total. The molecule has 0 saturated heterocycles. The zero-order valence-corrected chi connectivity index (χ0v) is 13.0. The van der Waals surface area contributed by atoms with Gasteiger partial charge in [-0.1, -0.05) is 32.8 Å². The van der Waals surface area contributed by atoms with Gasteiger partial charge in [0.2, 0.25) is 0 Å². The lowest BCUT2D eigenvalue weighted by atomic mass is 9.91. The van der Waals surface area contributed by atoms with Gasteiger partial charge in [0.15, 0.2) is 0 Å². The van der Waals surface area contributed by atoms with Crippen molar-refractivity contribution in [1.82, 2.24) is 4.98 Å². The molecule has 3 heteroatoms. The molecule has 1 aromatic rings. The quantitative estimate of drug-likeness (QED) is 0.883. The number of nitrogens with two attached hydrogens (primary N) is 1. The summed E-state index contributed by atoms with van der Waals surface area (Å²) >= 11 is 1.96. The third-order valence-electron chi connectivity index (χ3n) is 4.00. The van der Waals surface area contributed by atoms with Crippen molar-refractivity contribution < 1.29 is 0 Å². The van der Waals surface area contributed by atoms with Gasteiger partial charge in [-0.15, -0.1) is 11.8 Å². The lowest BCUT2D eigenvalue weighted by Crippen LogP contribution is -2.21. The molecule has 1 fully saturated rings. The number of nitrogens with zero attached hydrogens (tertiary/aromatic N) is 1.